The van der Waals surface area contributed by atoms with Gasteiger partial charge in [0.1, 0.15) is 22.5 Å². The SMILES string of the molecule is CC(=NS(=O)C(C)(C)C)c1ccc(F)c(N)c1F. The van der Waals surface area contributed by atoms with Gasteiger partial charge in [0.15, 0.2) is 5.82 Å². The van der Waals surface area contributed by atoms with Gasteiger partial charge in [0.25, 0.3) is 0 Å². The monoisotopic (exact) mass is 274 g/mol. The second-order valence-electron chi connectivity index (χ2n) is 4.86. The summed E-state index contributed by atoms with van der Waals surface area (Å²) in [5.74, 6) is -1.69. The van der Waals surface area contributed by atoms with Crippen LogP contribution in [0.15, 0.2) is 16.5 Å². The minimum absolute atomic E-state index is 0.0616. The second kappa shape index (κ2) is 5.14. The topological polar surface area (TPSA) is 55.5 Å². The molecule has 6 heteroatoms. The quantitative estimate of drug-likeness (QED) is 0.666. The Morgan fingerprint density at radius 1 is 1.33 bits per heavy atom. The summed E-state index contributed by atoms with van der Waals surface area (Å²) >= 11 is 0. The fourth-order valence-corrected chi connectivity index (χ4v) is 1.78. The molecule has 0 saturated heterocycles. The molecule has 1 atom stereocenters. The van der Waals surface area contributed by atoms with Crippen molar-refractivity contribution in [3.63, 3.8) is 0 Å². The third-order valence-electron chi connectivity index (χ3n) is 2.26. The Kier molecular flexibility index (Phi) is 4.21. The van der Waals surface area contributed by atoms with Gasteiger partial charge in [0.2, 0.25) is 0 Å². The molecule has 18 heavy (non-hydrogen) atoms. The van der Waals surface area contributed by atoms with Gasteiger partial charge in [0, 0.05) is 5.56 Å². The van der Waals surface area contributed by atoms with Gasteiger partial charge >= 0.3 is 0 Å². The fraction of sp³-hybridized carbons (Fsp3) is 0.417. The molecule has 1 rings (SSSR count). The number of nitrogens with zero attached hydrogens (tertiary/aromatic N) is 1. The van der Waals surface area contributed by atoms with Crippen LogP contribution in [0.3, 0.4) is 0 Å². The molecule has 0 aromatic heterocycles. The Bertz CT molecular complexity index is 522. The molecule has 0 aliphatic carbocycles. The second-order valence-corrected chi connectivity index (χ2v) is 6.77. The minimum Gasteiger partial charge on any atom is -0.394 e. The normalized spacial score (nSPS) is 14.7. The molecule has 100 valence electrons. The van der Waals surface area contributed by atoms with Gasteiger partial charge in [-0.05, 0) is 39.8 Å². The Balaban J connectivity index is 3.20. The summed E-state index contributed by atoms with van der Waals surface area (Å²) in [6.07, 6.45) is 0. The van der Waals surface area contributed by atoms with Crippen molar-refractivity contribution in [3.8, 4) is 0 Å². The summed E-state index contributed by atoms with van der Waals surface area (Å²) < 4.78 is 41.9. The highest BCUT2D eigenvalue weighted by Crippen LogP contribution is 2.21. The van der Waals surface area contributed by atoms with E-state index < -0.39 is 33.1 Å². The van der Waals surface area contributed by atoms with Crippen LogP contribution in [-0.4, -0.2) is 14.7 Å². The predicted octanol–water partition coefficient (Wildman–Crippen LogP) is 2.82. The Morgan fingerprint density at radius 2 is 1.89 bits per heavy atom. The molecule has 3 nitrogen and oxygen atoms in total. The first-order chi connectivity index (χ1) is 8.14. The van der Waals surface area contributed by atoms with Crippen molar-refractivity contribution in [3.05, 3.63) is 29.3 Å². The number of hydrogen-bond acceptors (Lipinski definition) is 2. The van der Waals surface area contributed by atoms with Crippen LogP contribution in [0.25, 0.3) is 0 Å². The van der Waals surface area contributed by atoms with Crippen LogP contribution >= 0.6 is 0 Å². The number of anilines is 1. The lowest BCUT2D eigenvalue weighted by Gasteiger charge is -2.14. The van der Waals surface area contributed by atoms with E-state index in [1.807, 2.05) is 0 Å². The van der Waals surface area contributed by atoms with E-state index in [-0.39, 0.29) is 11.3 Å². The van der Waals surface area contributed by atoms with Gasteiger partial charge in [-0.25, -0.2) is 13.0 Å². The third kappa shape index (κ3) is 3.13. The van der Waals surface area contributed by atoms with Gasteiger partial charge in [-0.1, -0.05) is 0 Å². The number of nitrogens with two attached hydrogens (primary N) is 1. The molecular weight excluding hydrogens is 258 g/mol. The van der Waals surface area contributed by atoms with Crippen molar-refractivity contribution in [1.29, 1.82) is 0 Å². The van der Waals surface area contributed by atoms with Crippen LogP contribution in [0.1, 0.15) is 33.3 Å². The molecule has 0 aliphatic heterocycles. The van der Waals surface area contributed by atoms with Crippen molar-refractivity contribution < 1.29 is 13.0 Å². The van der Waals surface area contributed by atoms with E-state index in [9.17, 15) is 13.0 Å². The molecule has 1 aromatic rings. The van der Waals surface area contributed by atoms with Crippen molar-refractivity contribution in [2.24, 2.45) is 4.40 Å². The predicted molar refractivity (Wildman–Crippen MR) is 70.9 cm³/mol. The lowest BCUT2D eigenvalue weighted by atomic mass is 10.1. The van der Waals surface area contributed by atoms with E-state index in [0.717, 1.165) is 6.07 Å². The number of benzene rings is 1. The molecule has 0 amide bonds. The summed E-state index contributed by atoms with van der Waals surface area (Å²) in [5.41, 5.74) is 4.99. The highest BCUT2D eigenvalue weighted by atomic mass is 32.2. The number of halogens is 2. The van der Waals surface area contributed by atoms with Gasteiger partial charge in [-0.3, -0.25) is 0 Å². The minimum atomic E-state index is -1.50. The summed E-state index contributed by atoms with van der Waals surface area (Å²) in [5, 5.41) is 0. The summed E-state index contributed by atoms with van der Waals surface area (Å²) in [6, 6.07) is 2.30. The Labute approximate surface area is 108 Å². The smallest absolute Gasteiger partial charge is 0.158 e. The Hall–Kier alpha value is -1.30. The fourth-order valence-electron chi connectivity index (χ4n) is 1.16. The van der Waals surface area contributed by atoms with Gasteiger partial charge < -0.3 is 5.73 Å². The van der Waals surface area contributed by atoms with Crippen molar-refractivity contribution >= 4 is 22.4 Å². The molecule has 1 aromatic carbocycles. The van der Waals surface area contributed by atoms with E-state index in [0.29, 0.717) is 0 Å². The molecular formula is C12H16F2N2OS. The Morgan fingerprint density at radius 3 is 2.39 bits per heavy atom. The lowest BCUT2D eigenvalue weighted by molar-refractivity contribution is 0.590. The molecule has 1 unspecified atom stereocenters. The molecule has 0 bridgehead atoms. The summed E-state index contributed by atoms with van der Waals surface area (Å²) in [7, 11) is -1.50. The average molecular weight is 274 g/mol. The molecule has 0 radical (unpaired) electrons. The molecule has 0 heterocycles. The number of hydrogen-bond donors (Lipinski definition) is 1. The largest absolute Gasteiger partial charge is 0.394 e. The van der Waals surface area contributed by atoms with Crippen LogP contribution in [0, 0.1) is 11.6 Å². The molecule has 0 spiro atoms. The van der Waals surface area contributed by atoms with Crippen LogP contribution < -0.4 is 5.73 Å². The van der Waals surface area contributed by atoms with Gasteiger partial charge in [-0.15, -0.1) is 0 Å². The van der Waals surface area contributed by atoms with E-state index in [2.05, 4.69) is 4.40 Å². The highest BCUT2D eigenvalue weighted by Gasteiger charge is 2.20. The van der Waals surface area contributed by atoms with Crippen LogP contribution in [-0.2, 0) is 11.0 Å². The third-order valence-corrected chi connectivity index (χ3v) is 3.75. The van der Waals surface area contributed by atoms with Crippen molar-refractivity contribution in [2.45, 2.75) is 32.4 Å². The molecule has 2 N–H and O–H groups in total. The molecule has 0 fully saturated rings. The molecule has 0 aliphatic rings. The van der Waals surface area contributed by atoms with E-state index in [1.54, 1.807) is 20.8 Å². The van der Waals surface area contributed by atoms with Crippen molar-refractivity contribution in [2.75, 3.05) is 5.73 Å². The zero-order chi connectivity index (χ0) is 14.1. The summed E-state index contributed by atoms with van der Waals surface area (Å²) in [6.45, 7) is 6.79. The lowest BCUT2D eigenvalue weighted by Crippen LogP contribution is -2.21. The van der Waals surface area contributed by atoms with Crippen LogP contribution in [0.2, 0.25) is 0 Å². The zero-order valence-electron chi connectivity index (χ0n) is 10.8. The van der Waals surface area contributed by atoms with E-state index in [1.165, 1.54) is 13.0 Å². The van der Waals surface area contributed by atoms with E-state index >= 15 is 0 Å². The van der Waals surface area contributed by atoms with Crippen molar-refractivity contribution in [1.82, 2.24) is 0 Å². The molecule has 0 saturated carbocycles. The first kappa shape index (κ1) is 14.8. The first-order valence-electron chi connectivity index (χ1n) is 5.35. The zero-order valence-corrected chi connectivity index (χ0v) is 11.6. The maximum Gasteiger partial charge on any atom is 0.158 e. The van der Waals surface area contributed by atoms with Crippen LogP contribution in [0.4, 0.5) is 14.5 Å². The maximum absolute atomic E-state index is 13.7. The number of rotatable bonds is 2. The first-order valence-corrected chi connectivity index (χ1v) is 6.46. The summed E-state index contributed by atoms with van der Waals surface area (Å²) in [4.78, 5) is 0. The number of nitrogen functional groups attached to an aromatic ring is 1. The van der Waals surface area contributed by atoms with E-state index in [4.69, 9.17) is 5.73 Å². The van der Waals surface area contributed by atoms with Gasteiger partial charge in [0.05, 0.1) is 10.5 Å². The highest BCUT2D eigenvalue weighted by molar-refractivity contribution is 7.85. The average Bonchev–Trinajstić information content (AvgIpc) is 2.24. The van der Waals surface area contributed by atoms with Gasteiger partial charge in [-0.2, -0.15) is 4.40 Å². The maximum atomic E-state index is 13.7. The standard InChI is InChI=1S/C12H16F2N2OS/c1-7(16-18(17)12(2,3)4)8-5-6-9(13)11(15)10(8)14/h5-6H,15H2,1-4H3. The van der Waals surface area contributed by atoms with Crippen LogP contribution in [0.5, 0.6) is 0 Å².